The lowest BCUT2D eigenvalue weighted by atomic mass is 10.1. The van der Waals surface area contributed by atoms with Crippen LogP contribution in [-0.4, -0.2) is 13.1 Å². The van der Waals surface area contributed by atoms with Gasteiger partial charge in [-0.1, -0.05) is 0 Å². The van der Waals surface area contributed by atoms with Crippen LogP contribution in [0.15, 0.2) is 18.2 Å². The standard InChI is InChI=1S/C10H14N2/c1-7-5-8-6-9(11-2)3-4-10(8)12-7/h3-4,6-7,11-12H,5H2,1-2H3. The predicted molar refractivity (Wildman–Crippen MR) is 52.8 cm³/mol. The third-order valence-electron chi connectivity index (χ3n) is 2.32. The number of fused-ring (bicyclic) bond motifs is 1. The maximum absolute atomic E-state index is 3.42. The summed E-state index contributed by atoms with van der Waals surface area (Å²) in [7, 11) is 1.95. The zero-order valence-corrected chi connectivity index (χ0v) is 7.52. The fourth-order valence-electron chi connectivity index (χ4n) is 1.71. The van der Waals surface area contributed by atoms with Gasteiger partial charge in [0.15, 0.2) is 0 Å². The van der Waals surface area contributed by atoms with Crippen molar-refractivity contribution in [2.45, 2.75) is 19.4 Å². The Balaban J connectivity index is 2.35. The maximum atomic E-state index is 3.42. The van der Waals surface area contributed by atoms with Crippen LogP contribution in [0.3, 0.4) is 0 Å². The van der Waals surface area contributed by atoms with Gasteiger partial charge in [-0.3, -0.25) is 0 Å². The van der Waals surface area contributed by atoms with Crippen molar-refractivity contribution in [1.82, 2.24) is 0 Å². The summed E-state index contributed by atoms with van der Waals surface area (Å²) in [5.41, 5.74) is 3.92. The molecule has 0 saturated heterocycles. The lowest BCUT2D eigenvalue weighted by molar-refractivity contribution is 0.839. The molecule has 2 nitrogen and oxygen atoms in total. The normalized spacial score (nSPS) is 20.0. The van der Waals surface area contributed by atoms with Gasteiger partial charge >= 0.3 is 0 Å². The zero-order chi connectivity index (χ0) is 8.55. The molecule has 1 unspecified atom stereocenters. The highest BCUT2D eigenvalue weighted by Gasteiger charge is 2.15. The first-order chi connectivity index (χ1) is 5.79. The van der Waals surface area contributed by atoms with Crippen molar-refractivity contribution < 1.29 is 0 Å². The Labute approximate surface area is 73.0 Å². The van der Waals surface area contributed by atoms with Crippen molar-refractivity contribution in [1.29, 1.82) is 0 Å². The van der Waals surface area contributed by atoms with Crippen molar-refractivity contribution in [3.63, 3.8) is 0 Å². The van der Waals surface area contributed by atoms with E-state index in [4.69, 9.17) is 0 Å². The Hall–Kier alpha value is -1.18. The minimum atomic E-state index is 0.590. The van der Waals surface area contributed by atoms with Crippen LogP contribution in [0.5, 0.6) is 0 Å². The molecule has 0 radical (unpaired) electrons. The smallest absolute Gasteiger partial charge is 0.0377 e. The van der Waals surface area contributed by atoms with Crippen LogP contribution < -0.4 is 10.6 Å². The average molecular weight is 162 g/mol. The van der Waals surface area contributed by atoms with E-state index in [0.29, 0.717) is 6.04 Å². The van der Waals surface area contributed by atoms with E-state index in [1.807, 2.05) is 7.05 Å². The molecule has 0 amide bonds. The molecule has 1 aromatic carbocycles. The second-order valence-electron chi connectivity index (χ2n) is 3.37. The lowest BCUT2D eigenvalue weighted by Gasteiger charge is -2.03. The molecule has 64 valence electrons. The summed E-state index contributed by atoms with van der Waals surface area (Å²) in [6, 6.07) is 7.05. The number of rotatable bonds is 1. The molecule has 0 spiro atoms. The molecule has 2 N–H and O–H groups in total. The Kier molecular flexibility index (Phi) is 1.68. The molecule has 0 bridgehead atoms. The van der Waals surface area contributed by atoms with Crippen molar-refractivity contribution >= 4 is 11.4 Å². The molecule has 12 heavy (non-hydrogen) atoms. The van der Waals surface area contributed by atoms with Gasteiger partial charge in [0.05, 0.1) is 0 Å². The SMILES string of the molecule is CNc1ccc2c(c1)CC(C)N2. The van der Waals surface area contributed by atoms with E-state index in [1.54, 1.807) is 0 Å². The van der Waals surface area contributed by atoms with Gasteiger partial charge in [0.2, 0.25) is 0 Å². The molecular weight excluding hydrogens is 148 g/mol. The van der Waals surface area contributed by atoms with E-state index in [2.05, 4.69) is 35.8 Å². The number of nitrogens with one attached hydrogen (secondary N) is 2. The van der Waals surface area contributed by atoms with Gasteiger partial charge in [0, 0.05) is 24.5 Å². The summed E-state index contributed by atoms with van der Waals surface area (Å²) in [6.45, 7) is 2.21. The van der Waals surface area contributed by atoms with Gasteiger partial charge in [0.1, 0.15) is 0 Å². The molecule has 0 aromatic heterocycles. The van der Waals surface area contributed by atoms with Gasteiger partial charge in [-0.25, -0.2) is 0 Å². The fraction of sp³-hybridized carbons (Fsp3) is 0.400. The second-order valence-corrected chi connectivity index (χ2v) is 3.37. The molecular formula is C10H14N2. The molecule has 1 aliphatic heterocycles. The topological polar surface area (TPSA) is 24.1 Å². The molecule has 0 saturated carbocycles. The molecule has 0 aliphatic carbocycles. The summed E-state index contributed by atoms with van der Waals surface area (Å²) in [5.74, 6) is 0. The minimum Gasteiger partial charge on any atom is -0.388 e. The maximum Gasteiger partial charge on any atom is 0.0377 e. The van der Waals surface area contributed by atoms with Crippen molar-refractivity contribution in [3.05, 3.63) is 23.8 Å². The third-order valence-corrected chi connectivity index (χ3v) is 2.32. The fourth-order valence-corrected chi connectivity index (χ4v) is 1.71. The Morgan fingerprint density at radius 3 is 3.08 bits per heavy atom. The summed E-state index contributed by atoms with van der Waals surface area (Å²) in [6.07, 6.45) is 1.14. The quantitative estimate of drug-likeness (QED) is 0.660. The molecule has 1 heterocycles. The van der Waals surface area contributed by atoms with Crippen LogP contribution in [0.25, 0.3) is 0 Å². The van der Waals surface area contributed by atoms with E-state index in [0.717, 1.165) is 6.42 Å². The van der Waals surface area contributed by atoms with Crippen molar-refractivity contribution in [2.75, 3.05) is 17.7 Å². The predicted octanol–water partition coefficient (Wildman–Crippen LogP) is 2.08. The molecule has 2 heteroatoms. The van der Waals surface area contributed by atoms with Crippen LogP contribution >= 0.6 is 0 Å². The summed E-state index contributed by atoms with van der Waals surface area (Å²) in [4.78, 5) is 0. The van der Waals surface area contributed by atoms with Gasteiger partial charge in [-0.05, 0) is 37.1 Å². The Morgan fingerprint density at radius 1 is 1.50 bits per heavy atom. The van der Waals surface area contributed by atoms with E-state index < -0.39 is 0 Å². The summed E-state index contributed by atoms with van der Waals surface area (Å²) in [5, 5.41) is 6.56. The molecule has 0 fully saturated rings. The summed E-state index contributed by atoms with van der Waals surface area (Å²) < 4.78 is 0. The minimum absolute atomic E-state index is 0.590. The van der Waals surface area contributed by atoms with E-state index >= 15 is 0 Å². The van der Waals surface area contributed by atoms with Crippen LogP contribution in [0.1, 0.15) is 12.5 Å². The van der Waals surface area contributed by atoms with Gasteiger partial charge in [0.25, 0.3) is 0 Å². The second kappa shape index (κ2) is 2.70. The van der Waals surface area contributed by atoms with Gasteiger partial charge < -0.3 is 10.6 Å². The summed E-state index contributed by atoms with van der Waals surface area (Å²) >= 11 is 0. The number of anilines is 2. The van der Waals surface area contributed by atoms with Crippen LogP contribution in [0.2, 0.25) is 0 Å². The monoisotopic (exact) mass is 162 g/mol. The van der Waals surface area contributed by atoms with Crippen LogP contribution in [-0.2, 0) is 6.42 Å². The van der Waals surface area contributed by atoms with E-state index in [-0.39, 0.29) is 0 Å². The first-order valence-corrected chi connectivity index (χ1v) is 4.37. The zero-order valence-electron chi connectivity index (χ0n) is 7.52. The molecule has 1 aliphatic rings. The number of benzene rings is 1. The van der Waals surface area contributed by atoms with E-state index in [1.165, 1.54) is 16.9 Å². The lowest BCUT2D eigenvalue weighted by Crippen LogP contribution is -2.08. The highest BCUT2D eigenvalue weighted by molar-refractivity contribution is 5.63. The highest BCUT2D eigenvalue weighted by Crippen LogP contribution is 2.27. The largest absolute Gasteiger partial charge is 0.388 e. The Morgan fingerprint density at radius 2 is 2.33 bits per heavy atom. The number of hydrogen-bond acceptors (Lipinski definition) is 2. The first kappa shape index (κ1) is 7.47. The molecule has 2 rings (SSSR count). The first-order valence-electron chi connectivity index (χ1n) is 4.37. The van der Waals surface area contributed by atoms with Crippen LogP contribution in [0.4, 0.5) is 11.4 Å². The third kappa shape index (κ3) is 1.13. The van der Waals surface area contributed by atoms with Crippen molar-refractivity contribution in [3.8, 4) is 0 Å². The highest BCUT2D eigenvalue weighted by atomic mass is 14.9. The molecule has 1 aromatic rings. The average Bonchev–Trinajstić information content (AvgIpc) is 2.43. The van der Waals surface area contributed by atoms with Crippen molar-refractivity contribution in [2.24, 2.45) is 0 Å². The van der Waals surface area contributed by atoms with Gasteiger partial charge in [-0.2, -0.15) is 0 Å². The van der Waals surface area contributed by atoms with Crippen LogP contribution in [0, 0.1) is 0 Å². The Bertz CT molecular complexity index is 294. The van der Waals surface area contributed by atoms with Gasteiger partial charge in [-0.15, -0.1) is 0 Å². The molecule has 1 atom stereocenters. The number of hydrogen-bond donors (Lipinski definition) is 2. The van der Waals surface area contributed by atoms with E-state index in [9.17, 15) is 0 Å².